The first-order chi connectivity index (χ1) is 10.3. The first-order valence-corrected chi connectivity index (χ1v) is 8.37. The van der Waals surface area contributed by atoms with E-state index in [1.807, 2.05) is 0 Å². The quantitative estimate of drug-likeness (QED) is 0.874. The summed E-state index contributed by atoms with van der Waals surface area (Å²) in [5.74, 6) is 1.60. The summed E-state index contributed by atoms with van der Waals surface area (Å²) in [6.45, 7) is 3.26. The van der Waals surface area contributed by atoms with Crippen molar-refractivity contribution in [2.24, 2.45) is 11.8 Å². The zero-order valence-electron chi connectivity index (χ0n) is 12.6. The Morgan fingerprint density at radius 3 is 3.00 bits per heavy atom. The molecule has 1 amide bonds. The van der Waals surface area contributed by atoms with Gasteiger partial charge in [-0.15, -0.1) is 0 Å². The van der Waals surface area contributed by atoms with Gasteiger partial charge in [-0.1, -0.05) is 24.3 Å². The first-order valence-electron chi connectivity index (χ1n) is 8.37. The molecule has 21 heavy (non-hydrogen) atoms. The Morgan fingerprint density at radius 1 is 1.29 bits per heavy atom. The van der Waals surface area contributed by atoms with Gasteiger partial charge in [-0.05, 0) is 62.1 Å². The Morgan fingerprint density at radius 2 is 2.14 bits per heavy atom. The maximum Gasteiger partial charge on any atom is 0.224 e. The molecule has 3 aliphatic rings. The van der Waals surface area contributed by atoms with Gasteiger partial charge in [0.1, 0.15) is 0 Å². The van der Waals surface area contributed by atoms with Gasteiger partial charge in [-0.3, -0.25) is 4.79 Å². The van der Waals surface area contributed by atoms with Gasteiger partial charge in [0.15, 0.2) is 0 Å². The third-order valence-electron chi connectivity index (χ3n) is 5.72. The molecule has 0 spiro atoms. The molecule has 5 unspecified atom stereocenters. The average molecular weight is 284 g/mol. The lowest BCUT2D eigenvalue weighted by molar-refractivity contribution is -0.123. The lowest BCUT2D eigenvalue weighted by Crippen LogP contribution is -2.52. The predicted molar refractivity (Wildman–Crippen MR) is 83.1 cm³/mol. The van der Waals surface area contributed by atoms with E-state index in [9.17, 15) is 4.79 Å². The number of amides is 1. The minimum atomic E-state index is 0.225. The van der Waals surface area contributed by atoms with Crippen LogP contribution in [0.25, 0.3) is 0 Å². The lowest BCUT2D eigenvalue weighted by Gasteiger charge is -2.30. The van der Waals surface area contributed by atoms with Crippen LogP contribution in [0.1, 0.15) is 43.2 Å². The third-order valence-corrected chi connectivity index (χ3v) is 5.72. The van der Waals surface area contributed by atoms with Crippen molar-refractivity contribution < 1.29 is 4.79 Å². The molecule has 1 aliphatic heterocycles. The predicted octanol–water partition coefficient (Wildman–Crippen LogP) is 2.22. The van der Waals surface area contributed by atoms with Crippen molar-refractivity contribution in [2.75, 3.05) is 6.54 Å². The zero-order valence-corrected chi connectivity index (χ0v) is 12.6. The fraction of sp³-hybridized carbons (Fsp3) is 0.611. The minimum absolute atomic E-state index is 0.225. The molecule has 1 aromatic carbocycles. The Kier molecular flexibility index (Phi) is 3.26. The summed E-state index contributed by atoms with van der Waals surface area (Å²) < 4.78 is 0. The number of nitrogens with one attached hydrogen (secondary N) is 2. The number of fused-ring (bicyclic) bond motifs is 3. The molecule has 0 bridgehead atoms. The van der Waals surface area contributed by atoms with Gasteiger partial charge in [-0.2, -0.15) is 0 Å². The summed E-state index contributed by atoms with van der Waals surface area (Å²) in [5.41, 5.74) is 2.89. The van der Waals surface area contributed by atoms with Crippen molar-refractivity contribution in [3.05, 3.63) is 35.4 Å². The normalized spacial score (nSPS) is 37.3. The largest absolute Gasteiger partial charge is 0.352 e. The van der Waals surface area contributed by atoms with E-state index in [-0.39, 0.29) is 5.92 Å². The highest BCUT2D eigenvalue weighted by molar-refractivity contribution is 5.84. The molecule has 2 aliphatic carbocycles. The molecular weight excluding hydrogens is 260 g/mol. The number of piperidine rings is 1. The summed E-state index contributed by atoms with van der Waals surface area (Å²) in [5, 5.41) is 6.78. The van der Waals surface area contributed by atoms with Gasteiger partial charge in [0, 0.05) is 18.0 Å². The third kappa shape index (κ3) is 2.28. The van der Waals surface area contributed by atoms with Crippen LogP contribution in [0.5, 0.6) is 0 Å². The monoisotopic (exact) mass is 284 g/mol. The Balaban J connectivity index is 1.46. The fourth-order valence-corrected chi connectivity index (χ4v) is 4.44. The topological polar surface area (TPSA) is 41.1 Å². The standard InChI is InChI=1S/C18H24N2O/c1-11-15(7-4-10-19-11)20-18(21)17-14-9-8-12-5-2-3-6-13(12)16(14)17/h2-3,5-6,11,14-17,19H,4,7-10H2,1H3,(H,20,21). The van der Waals surface area contributed by atoms with E-state index in [0.717, 1.165) is 25.8 Å². The van der Waals surface area contributed by atoms with Gasteiger partial charge in [-0.25, -0.2) is 0 Å². The van der Waals surface area contributed by atoms with E-state index >= 15 is 0 Å². The number of hydrogen-bond donors (Lipinski definition) is 2. The van der Waals surface area contributed by atoms with Crippen LogP contribution in [0.4, 0.5) is 0 Å². The highest BCUT2D eigenvalue weighted by Crippen LogP contribution is 2.59. The SMILES string of the molecule is CC1NCCCC1NC(=O)C1C2CCc3ccccc3C21. The summed E-state index contributed by atoms with van der Waals surface area (Å²) >= 11 is 0. The highest BCUT2D eigenvalue weighted by atomic mass is 16.2. The van der Waals surface area contributed by atoms with Crippen molar-refractivity contribution in [1.29, 1.82) is 0 Å². The van der Waals surface area contributed by atoms with E-state index in [1.165, 1.54) is 17.5 Å². The molecule has 1 saturated heterocycles. The average Bonchev–Trinajstić information content (AvgIpc) is 3.24. The van der Waals surface area contributed by atoms with Crippen molar-refractivity contribution in [3.63, 3.8) is 0 Å². The van der Waals surface area contributed by atoms with Gasteiger partial charge in [0.05, 0.1) is 0 Å². The first kappa shape index (κ1) is 13.3. The summed E-state index contributed by atoms with van der Waals surface area (Å²) in [6.07, 6.45) is 4.59. The van der Waals surface area contributed by atoms with Crippen LogP contribution >= 0.6 is 0 Å². The molecule has 2 fully saturated rings. The number of hydrogen-bond acceptors (Lipinski definition) is 2. The van der Waals surface area contributed by atoms with Crippen molar-refractivity contribution in [1.82, 2.24) is 10.6 Å². The van der Waals surface area contributed by atoms with Crippen LogP contribution in [-0.2, 0) is 11.2 Å². The van der Waals surface area contributed by atoms with E-state index < -0.39 is 0 Å². The second-order valence-corrected chi connectivity index (χ2v) is 6.95. The second kappa shape index (κ2) is 5.13. The molecule has 5 atom stereocenters. The molecule has 1 aromatic rings. The van der Waals surface area contributed by atoms with Crippen LogP contribution < -0.4 is 10.6 Å². The number of benzene rings is 1. The maximum absolute atomic E-state index is 12.7. The van der Waals surface area contributed by atoms with E-state index in [0.29, 0.717) is 29.8 Å². The van der Waals surface area contributed by atoms with Crippen LogP contribution in [0.3, 0.4) is 0 Å². The lowest BCUT2D eigenvalue weighted by atomic mass is 9.92. The summed E-state index contributed by atoms with van der Waals surface area (Å²) in [6, 6.07) is 9.39. The van der Waals surface area contributed by atoms with Gasteiger partial charge in [0.25, 0.3) is 0 Å². The van der Waals surface area contributed by atoms with E-state index in [4.69, 9.17) is 0 Å². The van der Waals surface area contributed by atoms with Crippen molar-refractivity contribution in [2.45, 2.75) is 50.6 Å². The van der Waals surface area contributed by atoms with Crippen LogP contribution in [0.15, 0.2) is 24.3 Å². The van der Waals surface area contributed by atoms with Crippen molar-refractivity contribution in [3.8, 4) is 0 Å². The molecule has 112 valence electrons. The fourth-order valence-electron chi connectivity index (χ4n) is 4.44. The number of rotatable bonds is 2. The Bertz CT molecular complexity index is 556. The number of aryl methyl sites for hydroxylation is 1. The summed E-state index contributed by atoms with van der Waals surface area (Å²) in [4.78, 5) is 12.7. The zero-order chi connectivity index (χ0) is 14.4. The maximum atomic E-state index is 12.7. The molecule has 3 heteroatoms. The van der Waals surface area contributed by atoms with Gasteiger partial charge in [0.2, 0.25) is 5.91 Å². The molecule has 1 heterocycles. The number of carbonyl (C=O) groups excluding carboxylic acids is 1. The summed E-state index contributed by atoms with van der Waals surface area (Å²) in [7, 11) is 0. The molecule has 0 aromatic heterocycles. The van der Waals surface area contributed by atoms with Crippen molar-refractivity contribution >= 4 is 5.91 Å². The minimum Gasteiger partial charge on any atom is -0.352 e. The van der Waals surface area contributed by atoms with Crippen LogP contribution in [0, 0.1) is 11.8 Å². The molecule has 2 N–H and O–H groups in total. The van der Waals surface area contributed by atoms with Crippen LogP contribution in [0.2, 0.25) is 0 Å². The molecule has 1 saturated carbocycles. The molecular formula is C18H24N2O. The van der Waals surface area contributed by atoms with Gasteiger partial charge < -0.3 is 10.6 Å². The molecule has 3 nitrogen and oxygen atoms in total. The Labute approximate surface area is 126 Å². The smallest absolute Gasteiger partial charge is 0.224 e. The van der Waals surface area contributed by atoms with Gasteiger partial charge >= 0.3 is 0 Å². The molecule has 4 rings (SSSR count). The second-order valence-electron chi connectivity index (χ2n) is 6.95. The Hall–Kier alpha value is -1.35. The number of carbonyl (C=O) groups is 1. The highest BCUT2D eigenvalue weighted by Gasteiger charge is 2.57. The molecule has 0 radical (unpaired) electrons. The van der Waals surface area contributed by atoms with E-state index in [1.54, 1.807) is 0 Å². The van der Waals surface area contributed by atoms with E-state index in [2.05, 4.69) is 41.8 Å². The van der Waals surface area contributed by atoms with Crippen LogP contribution in [-0.4, -0.2) is 24.5 Å².